The van der Waals surface area contributed by atoms with Crippen LogP contribution in [0.3, 0.4) is 0 Å². The van der Waals surface area contributed by atoms with Crippen LogP contribution in [0.1, 0.15) is 46.6 Å². The zero-order valence-corrected chi connectivity index (χ0v) is 22.7. The fraction of sp³-hybridized carbons (Fsp3) is 0.200. The average Bonchev–Trinajstić information content (AvgIpc) is 3.55. The van der Waals surface area contributed by atoms with Crippen LogP contribution in [0.2, 0.25) is 0 Å². The van der Waals surface area contributed by atoms with Crippen LogP contribution in [-0.2, 0) is 14.3 Å². The molecule has 0 bridgehead atoms. The molecule has 5 rings (SSSR count). The molecule has 198 valence electrons. The van der Waals surface area contributed by atoms with Crippen molar-refractivity contribution < 1.29 is 23.5 Å². The number of carbonyl (C=O) groups excluding carboxylic acids is 2. The highest BCUT2D eigenvalue weighted by Crippen LogP contribution is 2.32. The number of carbonyl (C=O) groups is 2. The van der Waals surface area contributed by atoms with E-state index in [1.54, 1.807) is 34.9 Å². The molecule has 1 atom stereocenters. The van der Waals surface area contributed by atoms with Crippen molar-refractivity contribution in [3.63, 3.8) is 0 Å². The average molecular weight is 543 g/mol. The molecule has 9 heteroatoms. The van der Waals surface area contributed by atoms with E-state index in [0.717, 1.165) is 16.7 Å². The molecule has 2 aromatic carbocycles. The van der Waals surface area contributed by atoms with Crippen molar-refractivity contribution in [2.45, 2.75) is 26.3 Å². The second kappa shape index (κ2) is 10.7. The van der Waals surface area contributed by atoms with Crippen molar-refractivity contribution in [3.8, 4) is 11.3 Å². The van der Waals surface area contributed by atoms with E-state index in [9.17, 15) is 14.4 Å². The fourth-order valence-corrected chi connectivity index (χ4v) is 5.65. The lowest BCUT2D eigenvalue weighted by molar-refractivity contribution is -0.136. The summed E-state index contributed by atoms with van der Waals surface area (Å²) in [6.07, 6.45) is 2.17. The van der Waals surface area contributed by atoms with Gasteiger partial charge in [-0.05, 0) is 48.7 Å². The van der Waals surface area contributed by atoms with Crippen LogP contribution >= 0.6 is 11.3 Å². The van der Waals surface area contributed by atoms with Crippen molar-refractivity contribution in [3.05, 3.63) is 114 Å². The summed E-state index contributed by atoms with van der Waals surface area (Å²) in [4.78, 5) is 43.8. The summed E-state index contributed by atoms with van der Waals surface area (Å²) in [5.74, 6) is 0.0758. The number of esters is 2. The van der Waals surface area contributed by atoms with E-state index >= 15 is 0 Å². The molecule has 0 saturated heterocycles. The van der Waals surface area contributed by atoms with Crippen LogP contribution in [-0.4, -0.2) is 30.7 Å². The summed E-state index contributed by atoms with van der Waals surface area (Å²) in [6, 6.07) is 17.5. The van der Waals surface area contributed by atoms with Crippen molar-refractivity contribution in [2.24, 2.45) is 4.99 Å². The number of thiazole rings is 1. The number of hydrogen-bond acceptors (Lipinski definition) is 8. The number of rotatable bonds is 6. The molecule has 39 heavy (non-hydrogen) atoms. The molecule has 1 aliphatic heterocycles. The molecular weight excluding hydrogens is 516 g/mol. The molecule has 0 fully saturated rings. The van der Waals surface area contributed by atoms with Crippen molar-refractivity contribution in [1.29, 1.82) is 0 Å². The second-order valence-electron chi connectivity index (χ2n) is 8.92. The van der Waals surface area contributed by atoms with Gasteiger partial charge in [0.05, 0.1) is 41.6 Å². The summed E-state index contributed by atoms with van der Waals surface area (Å²) in [5.41, 5.74) is 3.53. The molecule has 1 aliphatic rings. The summed E-state index contributed by atoms with van der Waals surface area (Å²) < 4.78 is 18.0. The van der Waals surface area contributed by atoms with E-state index in [1.807, 2.05) is 50.2 Å². The molecule has 3 heterocycles. The Hall–Kier alpha value is -4.50. The van der Waals surface area contributed by atoms with Crippen LogP contribution in [0.15, 0.2) is 86.1 Å². The van der Waals surface area contributed by atoms with Crippen LogP contribution in [0.4, 0.5) is 0 Å². The second-order valence-corrected chi connectivity index (χ2v) is 9.93. The summed E-state index contributed by atoms with van der Waals surface area (Å²) >= 11 is 1.23. The molecule has 0 aliphatic carbocycles. The van der Waals surface area contributed by atoms with Gasteiger partial charge in [0, 0.05) is 11.6 Å². The van der Waals surface area contributed by atoms with Crippen molar-refractivity contribution in [2.75, 3.05) is 14.2 Å². The monoisotopic (exact) mass is 542 g/mol. The van der Waals surface area contributed by atoms with E-state index in [4.69, 9.17) is 13.9 Å². The highest BCUT2D eigenvalue weighted by molar-refractivity contribution is 7.07. The third-order valence-corrected chi connectivity index (χ3v) is 7.57. The number of methoxy groups -OCH3 is 2. The van der Waals surface area contributed by atoms with E-state index in [2.05, 4.69) is 4.99 Å². The largest absolute Gasteiger partial charge is 0.466 e. The fourth-order valence-electron chi connectivity index (χ4n) is 4.65. The first-order valence-electron chi connectivity index (χ1n) is 12.3. The Labute approximate surface area is 228 Å². The number of aromatic nitrogens is 1. The Morgan fingerprint density at radius 3 is 2.49 bits per heavy atom. The van der Waals surface area contributed by atoms with E-state index in [0.29, 0.717) is 44.1 Å². The standard InChI is InChI=1S/C30H26N2O6S/c1-5-22-25(29(35)37-4)26(18-9-7-6-8-10-18)32-27(33)24(39-30(32)31-22)16-20-13-14-23(38-20)21-15-19(28(34)36-3)12-11-17(21)2/h6-16,26H,5H2,1-4H3/b24-16-/t26-/m0/s1. The zero-order valence-electron chi connectivity index (χ0n) is 21.9. The maximum Gasteiger partial charge on any atom is 0.338 e. The lowest BCUT2D eigenvalue weighted by Gasteiger charge is -2.25. The topological polar surface area (TPSA) is 100 Å². The number of hydrogen-bond donors (Lipinski definition) is 0. The number of benzene rings is 2. The quantitative estimate of drug-likeness (QED) is 0.340. The number of allylic oxidation sites excluding steroid dienone is 1. The summed E-state index contributed by atoms with van der Waals surface area (Å²) in [6.45, 7) is 3.84. The van der Waals surface area contributed by atoms with Gasteiger partial charge in [-0.1, -0.05) is 54.7 Å². The lowest BCUT2D eigenvalue weighted by Crippen LogP contribution is -2.40. The van der Waals surface area contributed by atoms with Gasteiger partial charge in [0.15, 0.2) is 4.80 Å². The molecule has 0 spiro atoms. The third kappa shape index (κ3) is 4.77. The molecule has 0 amide bonds. The minimum Gasteiger partial charge on any atom is -0.466 e. The first kappa shape index (κ1) is 26.1. The molecular formula is C30H26N2O6S. The SMILES string of the molecule is CCC1=C(C(=O)OC)[C@H](c2ccccc2)n2c(s/c(=C\c3ccc(-c4cc(C(=O)OC)ccc4C)o3)c2=O)=N1. The van der Waals surface area contributed by atoms with Gasteiger partial charge >= 0.3 is 11.9 Å². The van der Waals surface area contributed by atoms with Crippen molar-refractivity contribution >= 4 is 29.4 Å². The van der Waals surface area contributed by atoms with E-state index in [1.165, 1.54) is 25.6 Å². The van der Waals surface area contributed by atoms with Crippen LogP contribution < -0.4 is 14.9 Å². The van der Waals surface area contributed by atoms with E-state index < -0.39 is 18.0 Å². The van der Waals surface area contributed by atoms with Gasteiger partial charge in [0.25, 0.3) is 5.56 Å². The molecule has 0 radical (unpaired) electrons. The Bertz CT molecular complexity index is 1790. The first-order valence-corrected chi connectivity index (χ1v) is 13.1. The highest BCUT2D eigenvalue weighted by atomic mass is 32.1. The van der Waals surface area contributed by atoms with Gasteiger partial charge in [0.2, 0.25) is 0 Å². The van der Waals surface area contributed by atoms with Gasteiger partial charge in [-0.3, -0.25) is 9.36 Å². The lowest BCUT2D eigenvalue weighted by atomic mass is 9.95. The molecule has 2 aromatic heterocycles. The van der Waals surface area contributed by atoms with Crippen LogP contribution in [0.25, 0.3) is 17.4 Å². The van der Waals surface area contributed by atoms with Gasteiger partial charge < -0.3 is 13.9 Å². The van der Waals surface area contributed by atoms with Gasteiger partial charge in [0.1, 0.15) is 11.5 Å². The minimum atomic E-state index is -0.664. The Morgan fingerprint density at radius 1 is 1.05 bits per heavy atom. The normalized spacial score (nSPS) is 15.1. The number of nitrogens with zero attached hydrogens (tertiary/aromatic N) is 2. The smallest absolute Gasteiger partial charge is 0.338 e. The summed E-state index contributed by atoms with van der Waals surface area (Å²) in [7, 11) is 2.66. The molecule has 8 nitrogen and oxygen atoms in total. The third-order valence-electron chi connectivity index (χ3n) is 6.59. The predicted molar refractivity (Wildman–Crippen MR) is 147 cm³/mol. The highest BCUT2D eigenvalue weighted by Gasteiger charge is 2.33. The molecule has 4 aromatic rings. The predicted octanol–water partition coefficient (Wildman–Crippen LogP) is 4.15. The Morgan fingerprint density at radius 2 is 1.79 bits per heavy atom. The summed E-state index contributed by atoms with van der Waals surface area (Å²) in [5, 5.41) is 0. The number of furan rings is 1. The van der Waals surface area contributed by atoms with E-state index in [-0.39, 0.29) is 5.56 Å². The van der Waals surface area contributed by atoms with Gasteiger partial charge in [-0.2, -0.15) is 0 Å². The Kier molecular flexibility index (Phi) is 7.17. The van der Waals surface area contributed by atoms with Gasteiger partial charge in [-0.15, -0.1) is 0 Å². The number of ether oxygens (including phenoxy) is 2. The Balaban J connectivity index is 1.63. The number of aryl methyl sites for hydroxylation is 1. The van der Waals surface area contributed by atoms with Crippen LogP contribution in [0, 0.1) is 6.92 Å². The van der Waals surface area contributed by atoms with Crippen LogP contribution in [0.5, 0.6) is 0 Å². The minimum absolute atomic E-state index is 0.286. The molecule has 0 saturated carbocycles. The number of fused-ring (bicyclic) bond motifs is 1. The van der Waals surface area contributed by atoms with Gasteiger partial charge in [-0.25, -0.2) is 14.6 Å². The van der Waals surface area contributed by atoms with Crippen molar-refractivity contribution in [1.82, 2.24) is 4.57 Å². The maximum absolute atomic E-state index is 13.8. The zero-order chi connectivity index (χ0) is 27.7. The molecule has 0 N–H and O–H groups in total. The first-order chi connectivity index (χ1) is 18.9. The maximum atomic E-state index is 13.8. The molecule has 0 unspecified atom stereocenters.